The molecule has 2 aromatic rings. The van der Waals surface area contributed by atoms with Crippen molar-refractivity contribution in [3.05, 3.63) is 35.7 Å². The Balaban J connectivity index is 1.35. The normalized spacial score (nSPS) is 24.9. The van der Waals surface area contributed by atoms with Gasteiger partial charge in [0.05, 0.1) is 6.54 Å². The third-order valence-electron chi connectivity index (χ3n) is 4.67. The quantitative estimate of drug-likeness (QED) is 0.873. The van der Waals surface area contributed by atoms with Crippen molar-refractivity contribution in [2.45, 2.75) is 38.3 Å². The van der Waals surface area contributed by atoms with Crippen molar-refractivity contribution in [3.8, 4) is 0 Å². The van der Waals surface area contributed by atoms with Crippen LogP contribution >= 0.6 is 0 Å². The third-order valence-corrected chi connectivity index (χ3v) is 4.67. The monoisotopic (exact) mass is 315 g/mol. The van der Waals surface area contributed by atoms with E-state index in [1.165, 1.54) is 0 Å². The van der Waals surface area contributed by atoms with Crippen molar-refractivity contribution < 1.29 is 9.32 Å². The van der Waals surface area contributed by atoms with E-state index in [0.717, 1.165) is 44.1 Å². The first-order valence-corrected chi connectivity index (χ1v) is 8.17. The Morgan fingerprint density at radius 3 is 3.09 bits per heavy atom. The lowest BCUT2D eigenvalue weighted by Gasteiger charge is -2.16. The Morgan fingerprint density at radius 2 is 2.35 bits per heavy atom. The van der Waals surface area contributed by atoms with Crippen LogP contribution in [0.2, 0.25) is 0 Å². The minimum absolute atomic E-state index is 0.124. The van der Waals surface area contributed by atoms with Crippen molar-refractivity contribution in [2.24, 2.45) is 5.92 Å². The molecule has 1 saturated carbocycles. The molecule has 122 valence electrons. The molecule has 0 spiro atoms. The lowest BCUT2D eigenvalue weighted by Crippen LogP contribution is -2.40. The van der Waals surface area contributed by atoms with Crippen LogP contribution in [0.15, 0.2) is 23.0 Å². The van der Waals surface area contributed by atoms with E-state index in [9.17, 15) is 4.79 Å². The lowest BCUT2D eigenvalue weighted by atomic mass is 10.1. The molecule has 1 aliphatic carbocycles. The molecule has 2 aliphatic rings. The van der Waals surface area contributed by atoms with Crippen LogP contribution in [-0.4, -0.2) is 45.1 Å². The molecule has 1 aliphatic heterocycles. The molecule has 0 radical (unpaired) electrons. The summed E-state index contributed by atoms with van der Waals surface area (Å²) in [5.74, 6) is 2.52. The van der Waals surface area contributed by atoms with E-state index in [0.29, 0.717) is 17.5 Å². The number of H-pyrrole nitrogens is 1. The second kappa shape index (κ2) is 5.81. The van der Waals surface area contributed by atoms with Crippen molar-refractivity contribution in [1.82, 2.24) is 25.3 Å². The lowest BCUT2D eigenvalue weighted by molar-refractivity contribution is 0.0922. The van der Waals surface area contributed by atoms with Crippen molar-refractivity contribution >= 4 is 5.91 Å². The van der Waals surface area contributed by atoms with Crippen LogP contribution < -0.4 is 5.32 Å². The number of nitrogens with zero attached hydrogens (tertiary/aromatic N) is 3. The van der Waals surface area contributed by atoms with Gasteiger partial charge in [-0.2, -0.15) is 0 Å². The number of hydrogen-bond donors (Lipinski definition) is 2. The van der Waals surface area contributed by atoms with E-state index in [4.69, 9.17) is 4.52 Å². The molecule has 23 heavy (non-hydrogen) atoms. The average molecular weight is 315 g/mol. The molecule has 2 aromatic heterocycles. The molecule has 0 aromatic carbocycles. The van der Waals surface area contributed by atoms with Gasteiger partial charge in [-0.05, 0) is 18.8 Å². The summed E-state index contributed by atoms with van der Waals surface area (Å²) >= 11 is 0. The molecule has 3 heterocycles. The number of aromatic amines is 1. The number of carbonyl (C=O) groups is 1. The minimum Gasteiger partial charge on any atom is -0.360 e. The van der Waals surface area contributed by atoms with E-state index in [-0.39, 0.29) is 11.9 Å². The average Bonchev–Trinajstić information content (AvgIpc) is 2.94. The molecular weight excluding hydrogens is 294 g/mol. The fourth-order valence-electron chi connectivity index (χ4n) is 3.18. The fourth-order valence-corrected chi connectivity index (χ4v) is 3.18. The number of carbonyl (C=O) groups excluding carboxylic acids is 1. The molecule has 0 bridgehead atoms. The van der Waals surface area contributed by atoms with Crippen LogP contribution in [-0.2, 0) is 6.54 Å². The van der Waals surface area contributed by atoms with E-state index in [1.54, 1.807) is 12.3 Å². The highest BCUT2D eigenvalue weighted by Gasteiger charge is 2.33. The summed E-state index contributed by atoms with van der Waals surface area (Å²) in [5, 5.41) is 7.00. The van der Waals surface area contributed by atoms with Crippen LogP contribution in [0, 0.1) is 5.92 Å². The highest BCUT2D eigenvalue weighted by atomic mass is 16.5. The van der Waals surface area contributed by atoms with E-state index < -0.39 is 0 Å². The van der Waals surface area contributed by atoms with E-state index >= 15 is 0 Å². The summed E-state index contributed by atoms with van der Waals surface area (Å²) in [6.07, 6.45) is 5.86. The van der Waals surface area contributed by atoms with Gasteiger partial charge in [-0.3, -0.25) is 9.69 Å². The van der Waals surface area contributed by atoms with Gasteiger partial charge in [0.1, 0.15) is 11.6 Å². The maximum Gasteiger partial charge on any atom is 0.273 e. The molecule has 2 N–H and O–H groups in total. The number of nitrogens with one attached hydrogen (secondary N) is 2. The molecule has 7 nitrogen and oxygen atoms in total. The fraction of sp³-hybridized carbons (Fsp3) is 0.562. The van der Waals surface area contributed by atoms with Crippen LogP contribution in [0.3, 0.4) is 0 Å². The predicted molar refractivity (Wildman–Crippen MR) is 82.8 cm³/mol. The maximum atomic E-state index is 12.4. The summed E-state index contributed by atoms with van der Waals surface area (Å²) in [5.41, 5.74) is 0.392. The summed E-state index contributed by atoms with van der Waals surface area (Å²) in [6.45, 7) is 4.70. The third kappa shape index (κ3) is 3.14. The van der Waals surface area contributed by atoms with Gasteiger partial charge in [0.25, 0.3) is 5.91 Å². The first-order chi connectivity index (χ1) is 11.2. The number of imidazole rings is 1. The number of hydrogen-bond acceptors (Lipinski definition) is 5. The summed E-state index contributed by atoms with van der Waals surface area (Å²) in [6, 6.07) is 1.91. The Labute approximate surface area is 134 Å². The van der Waals surface area contributed by atoms with Gasteiger partial charge in [0.15, 0.2) is 5.69 Å². The van der Waals surface area contributed by atoms with Gasteiger partial charge >= 0.3 is 0 Å². The zero-order valence-electron chi connectivity index (χ0n) is 13.2. The largest absolute Gasteiger partial charge is 0.360 e. The van der Waals surface area contributed by atoms with Crippen LogP contribution in [0.25, 0.3) is 0 Å². The Kier molecular flexibility index (Phi) is 3.65. The smallest absolute Gasteiger partial charge is 0.273 e. The van der Waals surface area contributed by atoms with Crippen molar-refractivity contribution in [3.63, 3.8) is 0 Å². The summed E-state index contributed by atoms with van der Waals surface area (Å²) < 4.78 is 5.26. The summed E-state index contributed by atoms with van der Waals surface area (Å²) in [4.78, 5) is 22.0. The molecular formula is C16H21N5O2. The topological polar surface area (TPSA) is 87.0 Å². The first kappa shape index (κ1) is 14.4. The van der Waals surface area contributed by atoms with E-state index in [2.05, 4.69) is 32.3 Å². The molecule has 2 fully saturated rings. The van der Waals surface area contributed by atoms with Gasteiger partial charge < -0.3 is 14.8 Å². The van der Waals surface area contributed by atoms with Crippen molar-refractivity contribution in [2.75, 3.05) is 13.1 Å². The van der Waals surface area contributed by atoms with Crippen LogP contribution in [0.5, 0.6) is 0 Å². The van der Waals surface area contributed by atoms with Gasteiger partial charge in [0, 0.05) is 43.5 Å². The van der Waals surface area contributed by atoms with Crippen molar-refractivity contribution in [1.29, 1.82) is 0 Å². The molecule has 4 rings (SSSR count). The highest BCUT2D eigenvalue weighted by molar-refractivity contribution is 5.92. The Bertz CT molecular complexity index is 676. The van der Waals surface area contributed by atoms with E-state index in [1.807, 2.05) is 6.20 Å². The molecule has 7 heteroatoms. The molecule has 2 unspecified atom stereocenters. The zero-order valence-corrected chi connectivity index (χ0v) is 13.2. The van der Waals surface area contributed by atoms with Gasteiger partial charge in [0.2, 0.25) is 0 Å². The molecule has 1 saturated heterocycles. The second-order valence-corrected chi connectivity index (χ2v) is 6.68. The first-order valence-electron chi connectivity index (χ1n) is 8.17. The second-order valence-electron chi connectivity index (χ2n) is 6.68. The van der Waals surface area contributed by atoms with Crippen LogP contribution in [0.1, 0.15) is 47.8 Å². The SMILES string of the molecule is CC1CN(Cc2ncc[nH]2)CC1NC(=O)c1cc(C2CC2)on1. The Hall–Kier alpha value is -2.15. The predicted octanol–water partition coefficient (Wildman–Crippen LogP) is 1.53. The standard InChI is InChI=1S/C16H21N5O2/c1-10-7-21(9-15-17-4-5-18-15)8-13(10)19-16(22)12-6-14(23-20-12)11-2-3-11/h4-6,10-11,13H,2-3,7-9H2,1H3,(H,17,18)(H,19,22). The van der Waals surface area contributed by atoms with Gasteiger partial charge in [-0.15, -0.1) is 0 Å². The molecule has 1 amide bonds. The van der Waals surface area contributed by atoms with Gasteiger partial charge in [-0.25, -0.2) is 4.98 Å². The van der Waals surface area contributed by atoms with Gasteiger partial charge in [-0.1, -0.05) is 12.1 Å². The maximum absolute atomic E-state index is 12.4. The zero-order chi connectivity index (χ0) is 15.8. The Morgan fingerprint density at radius 1 is 1.48 bits per heavy atom. The highest BCUT2D eigenvalue weighted by Crippen LogP contribution is 2.40. The number of aromatic nitrogens is 3. The number of amides is 1. The number of likely N-dealkylation sites (tertiary alicyclic amines) is 1. The number of rotatable bonds is 5. The summed E-state index contributed by atoms with van der Waals surface area (Å²) in [7, 11) is 0. The minimum atomic E-state index is -0.141. The molecule has 2 atom stereocenters. The van der Waals surface area contributed by atoms with Crippen LogP contribution in [0.4, 0.5) is 0 Å².